The predicted octanol–water partition coefficient (Wildman–Crippen LogP) is 5.25. The molecule has 0 radical (unpaired) electrons. The van der Waals surface area contributed by atoms with Gasteiger partial charge in [0.15, 0.2) is 6.61 Å². The maximum atomic E-state index is 12.7. The second-order valence-electron chi connectivity index (χ2n) is 7.35. The van der Waals surface area contributed by atoms with Crippen molar-refractivity contribution >= 4 is 40.5 Å². The van der Waals surface area contributed by atoms with Gasteiger partial charge in [-0.25, -0.2) is 10.2 Å². The fraction of sp³-hybridized carbons (Fsp3) is 0.0741. The summed E-state index contributed by atoms with van der Waals surface area (Å²) < 4.78 is 16.2. The van der Waals surface area contributed by atoms with Gasteiger partial charge in [-0.1, -0.05) is 41.9 Å². The van der Waals surface area contributed by atoms with Crippen molar-refractivity contribution in [1.82, 2.24) is 5.43 Å². The minimum atomic E-state index is -0.538. The van der Waals surface area contributed by atoms with Crippen LogP contribution in [-0.4, -0.2) is 31.8 Å². The zero-order valence-corrected chi connectivity index (χ0v) is 19.5. The number of rotatable bonds is 8. The van der Waals surface area contributed by atoms with Crippen LogP contribution >= 0.6 is 11.6 Å². The first-order valence-electron chi connectivity index (χ1n) is 10.6. The number of hydrazone groups is 1. The highest BCUT2D eigenvalue weighted by atomic mass is 35.5. The number of benzene rings is 4. The number of carbonyl (C=O) groups excluding carboxylic acids is 2. The predicted molar refractivity (Wildman–Crippen MR) is 135 cm³/mol. The lowest BCUT2D eigenvalue weighted by molar-refractivity contribution is -0.123. The second-order valence-corrected chi connectivity index (χ2v) is 7.79. The van der Waals surface area contributed by atoms with Crippen LogP contribution < -0.4 is 19.6 Å². The average molecular weight is 489 g/mol. The van der Waals surface area contributed by atoms with E-state index in [1.54, 1.807) is 61.7 Å². The van der Waals surface area contributed by atoms with Crippen molar-refractivity contribution in [2.24, 2.45) is 5.10 Å². The van der Waals surface area contributed by atoms with Gasteiger partial charge in [-0.3, -0.25) is 4.79 Å². The number of fused-ring (bicyclic) bond motifs is 1. The number of nitrogens with one attached hydrogen (secondary N) is 1. The highest BCUT2D eigenvalue weighted by molar-refractivity contribution is 6.30. The monoisotopic (exact) mass is 488 g/mol. The minimum absolute atomic E-state index is 0.225. The molecule has 0 unspecified atom stereocenters. The zero-order chi connectivity index (χ0) is 24.6. The molecule has 0 atom stereocenters. The Bertz CT molecular complexity index is 1370. The van der Waals surface area contributed by atoms with Crippen LogP contribution in [0.15, 0.2) is 90.0 Å². The topological polar surface area (TPSA) is 86.2 Å². The lowest BCUT2D eigenvalue weighted by Gasteiger charge is -2.11. The molecule has 35 heavy (non-hydrogen) atoms. The zero-order valence-electron chi connectivity index (χ0n) is 18.7. The molecule has 7 nitrogen and oxygen atoms in total. The summed E-state index contributed by atoms with van der Waals surface area (Å²) in [5.74, 6) is 0.529. The smallest absolute Gasteiger partial charge is 0.343 e. The Hall–Kier alpha value is -4.36. The summed E-state index contributed by atoms with van der Waals surface area (Å²) in [4.78, 5) is 24.8. The maximum Gasteiger partial charge on any atom is 0.343 e. The Morgan fingerprint density at radius 2 is 1.63 bits per heavy atom. The van der Waals surface area contributed by atoms with Crippen molar-refractivity contribution in [2.45, 2.75) is 0 Å². The Kier molecular flexibility index (Phi) is 7.60. The first kappa shape index (κ1) is 23.8. The quantitative estimate of drug-likeness (QED) is 0.158. The third-order valence-electron chi connectivity index (χ3n) is 5.03. The molecule has 8 heteroatoms. The molecular formula is C27H21ClN2O5. The summed E-state index contributed by atoms with van der Waals surface area (Å²) >= 11 is 5.90. The Balaban J connectivity index is 1.47. The largest absolute Gasteiger partial charge is 0.497 e. The van der Waals surface area contributed by atoms with Crippen LogP contribution in [-0.2, 0) is 4.79 Å². The third-order valence-corrected chi connectivity index (χ3v) is 5.28. The second kappa shape index (κ2) is 11.2. The summed E-state index contributed by atoms with van der Waals surface area (Å²) in [6.45, 7) is -0.225. The van der Waals surface area contributed by atoms with Gasteiger partial charge in [-0.15, -0.1) is 0 Å². The van der Waals surface area contributed by atoms with Crippen LogP contribution in [0.1, 0.15) is 15.9 Å². The molecule has 0 fully saturated rings. The van der Waals surface area contributed by atoms with Gasteiger partial charge in [0.1, 0.15) is 17.2 Å². The van der Waals surface area contributed by atoms with E-state index < -0.39 is 11.9 Å². The molecule has 1 amide bonds. The number of hydrogen-bond acceptors (Lipinski definition) is 6. The average Bonchev–Trinajstić information content (AvgIpc) is 2.89. The van der Waals surface area contributed by atoms with E-state index in [0.29, 0.717) is 33.4 Å². The fourth-order valence-electron chi connectivity index (χ4n) is 3.26. The van der Waals surface area contributed by atoms with E-state index in [-0.39, 0.29) is 6.61 Å². The van der Waals surface area contributed by atoms with Gasteiger partial charge in [0.2, 0.25) is 0 Å². The molecule has 0 bridgehead atoms. The molecule has 4 aromatic rings. The van der Waals surface area contributed by atoms with Gasteiger partial charge in [0.05, 0.1) is 18.9 Å². The maximum absolute atomic E-state index is 12.7. The summed E-state index contributed by atoms with van der Waals surface area (Å²) in [6, 6.07) is 24.4. The van der Waals surface area contributed by atoms with E-state index >= 15 is 0 Å². The van der Waals surface area contributed by atoms with E-state index in [1.165, 1.54) is 6.21 Å². The van der Waals surface area contributed by atoms with Gasteiger partial charge in [0.25, 0.3) is 5.91 Å². The van der Waals surface area contributed by atoms with Crippen molar-refractivity contribution in [3.8, 4) is 17.2 Å². The summed E-state index contributed by atoms with van der Waals surface area (Å²) in [5, 5.41) is 6.30. The van der Waals surface area contributed by atoms with Gasteiger partial charge in [-0.2, -0.15) is 5.10 Å². The summed E-state index contributed by atoms with van der Waals surface area (Å²) in [7, 11) is 1.57. The van der Waals surface area contributed by atoms with E-state index in [1.807, 2.05) is 30.3 Å². The number of hydrogen-bond donors (Lipinski definition) is 1. The lowest BCUT2D eigenvalue weighted by Crippen LogP contribution is -2.24. The van der Waals surface area contributed by atoms with E-state index in [0.717, 1.165) is 10.8 Å². The molecule has 0 spiro atoms. The fourth-order valence-corrected chi connectivity index (χ4v) is 3.39. The molecule has 4 rings (SSSR count). The molecule has 4 aromatic carbocycles. The highest BCUT2D eigenvalue weighted by Crippen LogP contribution is 2.27. The minimum Gasteiger partial charge on any atom is -0.497 e. The number of nitrogens with zero attached hydrogens (tertiary/aromatic N) is 1. The Labute approximate surface area is 206 Å². The van der Waals surface area contributed by atoms with Gasteiger partial charge < -0.3 is 14.2 Å². The molecule has 0 aromatic heterocycles. The standard InChI is InChI=1S/C27H21ClN2O5/c1-33-21-11-13-22(14-12-21)34-17-26(31)30-29-16-24-23-5-3-2-4-18(23)8-15-25(24)35-27(32)19-6-9-20(28)10-7-19/h2-16H,17H2,1H3,(H,30,31)/b29-16+. The molecule has 1 N–H and O–H groups in total. The number of esters is 1. The van der Waals surface area contributed by atoms with Crippen LogP contribution in [0, 0.1) is 0 Å². The third kappa shape index (κ3) is 6.16. The highest BCUT2D eigenvalue weighted by Gasteiger charge is 2.14. The number of ether oxygens (including phenoxy) is 3. The van der Waals surface area contributed by atoms with Crippen LogP contribution in [0.25, 0.3) is 10.8 Å². The van der Waals surface area contributed by atoms with Crippen molar-refractivity contribution in [2.75, 3.05) is 13.7 Å². The van der Waals surface area contributed by atoms with Crippen molar-refractivity contribution in [1.29, 1.82) is 0 Å². The Morgan fingerprint density at radius 3 is 2.37 bits per heavy atom. The molecule has 176 valence electrons. The van der Waals surface area contributed by atoms with Crippen LogP contribution in [0.2, 0.25) is 5.02 Å². The lowest BCUT2D eigenvalue weighted by atomic mass is 10.0. The number of carbonyl (C=O) groups is 2. The van der Waals surface area contributed by atoms with E-state index in [2.05, 4.69) is 10.5 Å². The summed E-state index contributed by atoms with van der Waals surface area (Å²) in [5.41, 5.74) is 3.33. The normalized spacial score (nSPS) is 10.8. The number of methoxy groups -OCH3 is 1. The van der Waals surface area contributed by atoms with Crippen LogP contribution in [0.4, 0.5) is 0 Å². The first-order valence-corrected chi connectivity index (χ1v) is 11.0. The molecule has 0 aliphatic rings. The van der Waals surface area contributed by atoms with Crippen molar-refractivity contribution in [3.63, 3.8) is 0 Å². The molecule has 0 saturated heterocycles. The molecule has 0 saturated carbocycles. The molecule has 0 aliphatic carbocycles. The first-order chi connectivity index (χ1) is 17.0. The van der Waals surface area contributed by atoms with Crippen LogP contribution in [0.5, 0.6) is 17.2 Å². The van der Waals surface area contributed by atoms with E-state index in [9.17, 15) is 9.59 Å². The molecular weight excluding hydrogens is 468 g/mol. The molecule has 0 heterocycles. The number of amides is 1. The van der Waals surface area contributed by atoms with Gasteiger partial charge >= 0.3 is 5.97 Å². The summed E-state index contributed by atoms with van der Waals surface area (Å²) in [6.07, 6.45) is 1.44. The van der Waals surface area contributed by atoms with Crippen LogP contribution in [0.3, 0.4) is 0 Å². The van der Waals surface area contributed by atoms with Crippen molar-refractivity contribution < 1.29 is 23.8 Å². The number of halogens is 1. The SMILES string of the molecule is COc1ccc(OCC(=O)N/N=C/c2c(OC(=O)c3ccc(Cl)cc3)ccc3ccccc23)cc1. The Morgan fingerprint density at radius 1 is 0.914 bits per heavy atom. The van der Waals surface area contributed by atoms with E-state index in [4.69, 9.17) is 25.8 Å². The van der Waals surface area contributed by atoms with Gasteiger partial charge in [-0.05, 0) is 65.4 Å². The molecule has 0 aliphatic heterocycles. The van der Waals surface area contributed by atoms with Crippen molar-refractivity contribution in [3.05, 3.63) is 101 Å². The van der Waals surface area contributed by atoms with Gasteiger partial charge in [0, 0.05) is 10.6 Å².